The van der Waals surface area contributed by atoms with E-state index in [0.29, 0.717) is 11.4 Å². The van der Waals surface area contributed by atoms with Crippen molar-refractivity contribution in [1.82, 2.24) is 30.1 Å². The van der Waals surface area contributed by atoms with Crippen LogP contribution in [0, 0.1) is 12.7 Å². The van der Waals surface area contributed by atoms with Crippen molar-refractivity contribution in [3.8, 4) is 33.9 Å². The maximum Gasteiger partial charge on any atom is 0.135 e. The van der Waals surface area contributed by atoms with Crippen molar-refractivity contribution in [1.29, 1.82) is 0 Å². The van der Waals surface area contributed by atoms with Gasteiger partial charge in [0.2, 0.25) is 0 Å². The zero-order valence-electron chi connectivity index (χ0n) is 17.1. The smallest absolute Gasteiger partial charge is 0.135 e. The molecule has 6 nitrogen and oxygen atoms in total. The molecule has 4 heterocycles. The van der Waals surface area contributed by atoms with Crippen molar-refractivity contribution in [3.05, 3.63) is 84.6 Å². The molecule has 0 amide bonds. The SMILES string of the molecule is Cc1cc(F)cc(-c2cccc3[nH]c(-c4n[nH]c5ccc(-c6cnccn6)nc45)cc23)c1. The summed E-state index contributed by atoms with van der Waals surface area (Å²) in [4.78, 5) is 16.7. The van der Waals surface area contributed by atoms with E-state index in [1.165, 1.54) is 6.07 Å². The molecule has 0 aliphatic carbocycles. The fraction of sp³-hybridized carbons (Fsp3) is 0.0400. The van der Waals surface area contributed by atoms with Gasteiger partial charge >= 0.3 is 0 Å². The molecule has 0 atom stereocenters. The third-order valence-electron chi connectivity index (χ3n) is 5.51. The molecule has 0 radical (unpaired) electrons. The zero-order chi connectivity index (χ0) is 21.7. The summed E-state index contributed by atoms with van der Waals surface area (Å²) in [6.45, 7) is 1.89. The highest BCUT2D eigenvalue weighted by Gasteiger charge is 2.16. The number of fused-ring (bicyclic) bond motifs is 2. The number of H-pyrrole nitrogens is 2. The van der Waals surface area contributed by atoms with Crippen LogP contribution < -0.4 is 0 Å². The van der Waals surface area contributed by atoms with Gasteiger partial charge in [0.25, 0.3) is 0 Å². The van der Waals surface area contributed by atoms with Gasteiger partial charge in [-0.15, -0.1) is 0 Å². The van der Waals surface area contributed by atoms with Gasteiger partial charge in [0, 0.05) is 23.3 Å². The average molecular weight is 420 g/mol. The van der Waals surface area contributed by atoms with E-state index in [0.717, 1.165) is 50.0 Å². The van der Waals surface area contributed by atoms with Gasteiger partial charge in [-0.2, -0.15) is 5.10 Å². The average Bonchev–Trinajstić information content (AvgIpc) is 3.42. The van der Waals surface area contributed by atoms with Crippen LogP contribution in [0.5, 0.6) is 0 Å². The van der Waals surface area contributed by atoms with Gasteiger partial charge < -0.3 is 4.98 Å². The van der Waals surface area contributed by atoms with Crippen LogP contribution in [0.4, 0.5) is 4.39 Å². The summed E-state index contributed by atoms with van der Waals surface area (Å²) in [5.74, 6) is -0.244. The molecule has 0 aliphatic rings. The Morgan fingerprint density at radius 1 is 0.906 bits per heavy atom. The highest BCUT2D eigenvalue weighted by Crippen LogP contribution is 2.34. The highest BCUT2D eigenvalue weighted by molar-refractivity contribution is 6.00. The largest absolute Gasteiger partial charge is 0.353 e. The number of benzene rings is 2. The summed E-state index contributed by atoms with van der Waals surface area (Å²) < 4.78 is 14.1. The lowest BCUT2D eigenvalue weighted by Crippen LogP contribution is -1.89. The predicted octanol–water partition coefficient (Wildman–Crippen LogP) is 5.68. The van der Waals surface area contributed by atoms with Gasteiger partial charge in [0.1, 0.15) is 22.7 Å². The summed E-state index contributed by atoms with van der Waals surface area (Å²) in [5.41, 5.74) is 8.15. The summed E-state index contributed by atoms with van der Waals surface area (Å²) in [5, 5.41) is 8.56. The van der Waals surface area contributed by atoms with Crippen molar-refractivity contribution < 1.29 is 4.39 Å². The van der Waals surface area contributed by atoms with Gasteiger partial charge in [0.15, 0.2) is 0 Å². The van der Waals surface area contributed by atoms with Crippen molar-refractivity contribution in [2.75, 3.05) is 0 Å². The Kier molecular flexibility index (Phi) is 4.07. The number of aryl methyl sites for hydroxylation is 1. The first-order valence-corrected chi connectivity index (χ1v) is 10.2. The first-order chi connectivity index (χ1) is 15.7. The molecular weight excluding hydrogens is 403 g/mol. The molecule has 0 aliphatic heterocycles. The maximum atomic E-state index is 14.1. The molecule has 7 heteroatoms. The van der Waals surface area contributed by atoms with E-state index in [1.807, 2.05) is 49.4 Å². The molecule has 6 aromatic rings. The summed E-state index contributed by atoms with van der Waals surface area (Å²) in [6.07, 6.45) is 4.96. The van der Waals surface area contributed by atoms with Crippen molar-refractivity contribution in [3.63, 3.8) is 0 Å². The Balaban J connectivity index is 1.52. The van der Waals surface area contributed by atoms with Crippen LogP contribution in [0.15, 0.2) is 73.2 Å². The fourth-order valence-corrected chi connectivity index (χ4v) is 4.09. The third kappa shape index (κ3) is 3.02. The van der Waals surface area contributed by atoms with E-state index >= 15 is 0 Å². The molecule has 2 N–H and O–H groups in total. The number of pyridine rings is 1. The maximum absolute atomic E-state index is 14.1. The first-order valence-electron chi connectivity index (χ1n) is 10.2. The van der Waals surface area contributed by atoms with Gasteiger partial charge in [-0.1, -0.05) is 18.2 Å². The van der Waals surface area contributed by atoms with E-state index in [1.54, 1.807) is 24.7 Å². The van der Waals surface area contributed by atoms with Crippen LogP contribution in [0.1, 0.15) is 5.56 Å². The van der Waals surface area contributed by atoms with Crippen LogP contribution in [0.25, 0.3) is 55.8 Å². The quantitative estimate of drug-likeness (QED) is 0.386. The van der Waals surface area contributed by atoms with Crippen LogP contribution in [-0.4, -0.2) is 30.1 Å². The predicted molar refractivity (Wildman–Crippen MR) is 122 cm³/mol. The number of aromatic amines is 2. The zero-order valence-corrected chi connectivity index (χ0v) is 17.1. The molecule has 0 spiro atoms. The number of hydrogen-bond donors (Lipinski definition) is 2. The fourth-order valence-electron chi connectivity index (χ4n) is 4.09. The Bertz CT molecular complexity index is 1580. The number of hydrogen-bond acceptors (Lipinski definition) is 4. The summed E-state index contributed by atoms with van der Waals surface area (Å²) >= 11 is 0. The monoisotopic (exact) mass is 420 g/mol. The Morgan fingerprint density at radius 2 is 1.84 bits per heavy atom. The Labute approximate surface area is 182 Å². The van der Waals surface area contributed by atoms with Gasteiger partial charge in [-0.3, -0.25) is 15.1 Å². The van der Waals surface area contributed by atoms with Crippen molar-refractivity contribution in [2.45, 2.75) is 6.92 Å². The Morgan fingerprint density at radius 3 is 2.69 bits per heavy atom. The molecule has 0 saturated carbocycles. The minimum Gasteiger partial charge on any atom is -0.353 e. The number of nitrogens with one attached hydrogen (secondary N) is 2. The highest BCUT2D eigenvalue weighted by atomic mass is 19.1. The van der Waals surface area contributed by atoms with E-state index in [9.17, 15) is 4.39 Å². The second-order valence-electron chi connectivity index (χ2n) is 7.72. The van der Waals surface area contributed by atoms with Crippen LogP contribution >= 0.6 is 0 Å². The first kappa shape index (κ1) is 18.4. The van der Waals surface area contributed by atoms with Gasteiger partial charge in [-0.25, -0.2) is 9.37 Å². The lowest BCUT2D eigenvalue weighted by atomic mass is 10.00. The lowest BCUT2D eigenvalue weighted by molar-refractivity contribution is 0.627. The second-order valence-corrected chi connectivity index (χ2v) is 7.72. The van der Waals surface area contributed by atoms with E-state index in [-0.39, 0.29) is 5.82 Å². The van der Waals surface area contributed by atoms with Crippen molar-refractivity contribution in [2.24, 2.45) is 0 Å². The van der Waals surface area contributed by atoms with Crippen LogP contribution in [-0.2, 0) is 0 Å². The normalized spacial score (nSPS) is 11.4. The molecule has 4 aromatic heterocycles. The topological polar surface area (TPSA) is 83.1 Å². The van der Waals surface area contributed by atoms with Gasteiger partial charge in [0.05, 0.1) is 23.1 Å². The molecular formula is C25H17FN6. The molecule has 2 aromatic carbocycles. The molecule has 32 heavy (non-hydrogen) atoms. The number of halogens is 1. The minimum absolute atomic E-state index is 0.244. The summed E-state index contributed by atoms with van der Waals surface area (Å²) in [7, 11) is 0. The number of aromatic nitrogens is 6. The van der Waals surface area contributed by atoms with Gasteiger partial charge in [-0.05, 0) is 60.0 Å². The lowest BCUT2D eigenvalue weighted by Gasteiger charge is -2.05. The second kappa shape index (κ2) is 7.09. The van der Waals surface area contributed by atoms with E-state index < -0.39 is 0 Å². The number of rotatable bonds is 3. The van der Waals surface area contributed by atoms with E-state index in [4.69, 9.17) is 4.98 Å². The molecule has 154 valence electrons. The molecule has 6 rings (SSSR count). The molecule has 0 fully saturated rings. The molecule has 0 saturated heterocycles. The Hall–Kier alpha value is -4.39. The third-order valence-corrected chi connectivity index (χ3v) is 5.51. The van der Waals surface area contributed by atoms with E-state index in [2.05, 4.69) is 25.1 Å². The van der Waals surface area contributed by atoms with Crippen LogP contribution in [0.2, 0.25) is 0 Å². The minimum atomic E-state index is -0.244. The standard InChI is InChI=1S/C25H17FN6/c1-14-9-15(11-16(26)10-14)17-3-2-4-19-18(17)12-22(29-19)25-24-21(31-32-25)6-5-20(30-24)23-13-27-7-8-28-23/h2-13,29H,1H3,(H,31,32). The molecule has 0 unspecified atom stereocenters. The summed E-state index contributed by atoms with van der Waals surface area (Å²) in [6, 6.07) is 16.9. The molecule has 0 bridgehead atoms. The van der Waals surface area contributed by atoms with Crippen molar-refractivity contribution >= 4 is 21.9 Å². The number of nitrogens with zero attached hydrogens (tertiary/aromatic N) is 4. The van der Waals surface area contributed by atoms with Crippen LogP contribution in [0.3, 0.4) is 0 Å².